The van der Waals surface area contributed by atoms with Gasteiger partial charge in [0.05, 0.1) is 0 Å². The average Bonchev–Trinajstić information content (AvgIpc) is 3.03. The Kier molecular flexibility index (Phi) is 5.43. The Morgan fingerprint density at radius 2 is 2.19 bits per heavy atom. The standard InChI is InChI=1S/C14H25N3O2S2/c1-5-15-8-13-14(11(2)10-20-13)21(18,19)17-7-6-12(9-17)16(3)4/h10,12,15H,5-9H2,1-4H3. The number of rotatable bonds is 6. The van der Waals surface area contributed by atoms with Crippen molar-refractivity contribution in [2.75, 3.05) is 33.7 Å². The quantitative estimate of drug-likeness (QED) is 0.858. The fourth-order valence-corrected chi connectivity index (χ4v) is 5.90. The molecular formula is C14H25N3O2S2. The summed E-state index contributed by atoms with van der Waals surface area (Å²) in [5, 5.41) is 5.17. The van der Waals surface area contributed by atoms with Gasteiger partial charge in [-0.25, -0.2) is 8.42 Å². The lowest BCUT2D eigenvalue weighted by atomic mass is 10.2. The molecule has 0 spiro atoms. The zero-order valence-corrected chi connectivity index (χ0v) is 14.9. The minimum atomic E-state index is -3.38. The Bertz CT molecular complexity index is 581. The van der Waals surface area contributed by atoms with Crippen molar-refractivity contribution in [1.29, 1.82) is 0 Å². The first kappa shape index (κ1) is 16.9. The Hall–Kier alpha value is -0.470. The zero-order chi connectivity index (χ0) is 15.6. The third-order valence-corrected chi connectivity index (χ3v) is 7.31. The molecule has 1 saturated heterocycles. The smallest absolute Gasteiger partial charge is 0.244 e. The molecule has 7 heteroatoms. The molecule has 21 heavy (non-hydrogen) atoms. The van der Waals surface area contributed by atoms with Gasteiger partial charge < -0.3 is 10.2 Å². The minimum Gasteiger partial charge on any atom is -0.312 e. The van der Waals surface area contributed by atoms with Crippen LogP contribution in [0, 0.1) is 6.92 Å². The fourth-order valence-electron chi connectivity index (χ4n) is 2.67. The molecular weight excluding hydrogens is 306 g/mol. The van der Waals surface area contributed by atoms with Gasteiger partial charge in [-0.2, -0.15) is 4.31 Å². The number of thiophene rings is 1. The van der Waals surface area contributed by atoms with Crippen LogP contribution in [-0.2, 0) is 16.6 Å². The van der Waals surface area contributed by atoms with Crippen molar-refractivity contribution >= 4 is 21.4 Å². The van der Waals surface area contributed by atoms with Crippen LogP contribution in [0.3, 0.4) is 0 Å². The van der Waals surface area contributed by atoms with E-state index in [1.807, 2.05) is 33.3 Å². The van der Waals surface area contributed by atoms with E-state index in [2.05, 4.69) is 10.2 Å². The highest BCUT2D eigenvalue weighted by Gasteiger charge is 2.35. The molecule has 5 nitrogen and oxygen atoms in total. The number of aryl methyl sites for hydroxylation is 1. The zero-order valence-electron chi connectivity index (χ0n) is 13.2. The summed E-state index contributed by atoms with van der Waals surface area (Å²) in [6, 6.07) is 0.316. The predicted molar refractivity (Wildman–Crippen MR) is 87.3 cm³/mol. The lowest BCUT2D eigenvalue weighted by Gasteiger charge is -2.21. The largest absolute Gasteiger partial charge is 0.312 e. The maximum Gasteiger partial charge on any atom is 0.244 e. The topological polar surface area (TPSA) is 52.7 Å². The monoisotopic (exact) mass is 331 g/mol. The Morgan fingerprint density at radius 3 is 2.76 bits per heavy atom. The molecule has 2 heterocycles. The van der Waals surface area contributed by atoms with Crippen LogP contribution in [-0.4, -0.2) is 57.4 Å². The van der Waals surface area contributed by atoms with E-state index in [-0.39, 0.29) is 0 Å². The van der Waals surface area contributed by atoms with Crippen molar-refractivity contribution in [3.05, 3.63) is 15.8 Å². The van der Waals surface area contributed by atoms with E-state index in [9.17, 15) is 8.42 Å². The third-order valence-electron chi connectivity index (χ3n) is 3.98. The molecule has 1 unspecified atom stereocenters. The molecule has 1 N–H and O–H groups in total. The van der Waals surface area contributed by atoms with Crippen molar-refractivity contribution in [3.8, 4) is 0 Å². The van der Waals surface area contributed by atoms with E-state index >= 15 is 0 Å². The molecule has 1 aliphatic rings. The van der Waals surface area contributed by atoms with E-state index in [1.165, 1.54) is 11.3 Å². The number of sulfonamides is 1. The summed E-state index contributed by atoms with van der Waals surface area (Å²) in [7, 11) is 0.638. The van der Waals surface area contributed by atoms with Crippen LogP contribution in [0.15, 0.2) is 10.3 Å². The van der Waals surface area contributed by atoms with Crippen LogP contribution in [0.25, 0.3) is 0 Å². The van der Waals surface area contributed by atoms with Crippen molar-refractivity contribution in [2.45, 2.75) is 37.8 Å². The number of nitrogens with zero attached hydrogens (tertiary/aromatic N) is 2. The van der Waals surface area contributed by atoms with E-state index < -0.39 is 10.0 Å². The molecule has 1 aliphatic heterocycles. The van der Waals surface area contributed by atoms with Gasteiger partial charge in [0.2, 0.25) is 10.0 Å². The second kappa shape index (κ2) is 6.75. The molecule has 0 saturated carbocycles. The van der Waals surface area contributed by atoms with Gasteiger partial charge in [0.25, 0.3) is 0 Å². The molecule has 1 atom stereocenters. The van der Waals surface area contributed by atoms with Crippen LogP contribution in [0.2, 0.25) is 0 Å². The highest BCUT2D eigenvalue weighted by Crippen LogP contribution is 2.31. The molecule has 1 aromatic heterocycles. The summed E-state index contributed by atoms with van der Waals surface area (Å²) in [6.45, 7) is 6.57. The van der Waals surface area contributed by atoms with Crippen molar-refractivity contribution in [3.63, 3.8) is 0 Å². The van der Waals surface area contributed by atoms with E-state index in [0.29, 0.717) is 30.6 Å². The third kappa shape index (κ3) is 3.48. The SMILES string of the molecule is CCNCc1scc(C)c1S(=O)(=O)N1CCC(N(C)C)C1. The molecule has 1 fully saturated rings. The van der Waals surface area contributed by atoms with E-state index in [1.54, 1.807) is 4.31 Å². The molecule has 120 valence electrons. The van der Waals surface area contributed by atoms with Crippen LogP contribution < -0.4 is 5.32 Å². The molecule has 0 amide bonds. The normalized spacial score (nSPS) is 20.5. The first-order valence-electron chi connectivity index (χ1n) is 7.32. The maximum absolute atomic E-state index is 13.0. The van der Waals surface area contributed by atoms with Crippen LogP contribution in [0.4, 0.5) is 0 Å². The summed E-state index contributed by atoms with van der Waals surface area (Å²) >= 11 is 1.53. The van der Waals surface area contributed by atoms with Gasteiger partial charge in [-0.15, -0.1) is 11.3 Å². The molecule has 0 bridgehead atoms. The number of nitrogens with one attached hydrogen (secondary N) is 1. The predicted octanol–water partition coefficient (Wildman–Crippen LogP) is 1.49. The van der Waals surface area contributed by atoms with Gasteiger partial charge in [-0.3, -0.25) is 0 Å². The summed E-state index contributed by atoms with van der Waals surface area (Å²) in [4.78, 5) is 3.55. The maximum atomic E-state index is 13.0. The first-order chi connectivity index (χ1) is 9.87. The highest BCUT2D eigenvalue weighted by molar-refractivity contribution is 7.89. The number of hydrogen-bond donors (Lipinski definition) is 1. The van der Waals surface area contributed by atoms with Crippen LogP contribution in [0.1, 0.15) is 23.8 Å². The second-order valence-corrected chi connectivity index (χ2v) is 8.56. The van der Waals surface area contributed by atoms with Crippen molar-refractivity contribution in [1.82, 2.24) is 14.5 Å². The van der Waals surface area contributed by atoms with E-state index in [0.717, 1.165) is 23.4 Å². The lowest BCUT2D eigenvalue weighted by molar-refractivity contribution is 0.302. The van der Waals surface area contributed by atoms with Crippen LogP contribution >= 0.6 is 11.3 Å². The molecule has 0 radical (unpaired) electrons. The first-order valence-corrected chi connectivity index (χ1v) is 9.64. The summed E-state index contributed by atoms with van der Waals surface area (Å²) in [5.41, 5.74) is 0.862. The average molecular weight is 332 g/mol. The molecule has 2 rings (SSSR count). The van der Waals surface area contributed by atoms with Gasteiger partial charge in [-0.1, -0.05) is 6.92 Å². The highest BCUT2D eigenvalue weighted by atomic mass is 32.2. The summed E-state index contributed by atoms with van der Waals surface area (Å²) in [6.07, 6.45) is 0.901. The van der Waals surface area contributed by atoms with Crippen LogP contribution in [0.5, 0.6) is 0 Å². The Balaban J connectivity index is 2.26. The van der Waals surface area contributed by atoms with Gasteiger partial charge in [0, 0.05) is 30.6 Å². The fraction of sp³-hybridized carbons (Fsp3) is 0.714. The van der Waals surface area contributed by atoms with Gasteiger partial charge >= 0.3 is 0 Å². The summed E-state index contributed by atoms with van der Waals surface area (Å²) < 4.78 is 27.6. The van der Waals surface area contributed by atoms with Gasteiger partial charge in [0.1, 0.15) is 4.90 Å². The Morgan fingerprint density at radius 1 is 1.48 bits per heavy atom. The molecule has 1 aromatic rings. The molecule has 0 aromatic carbocycles. The van der Waals surface area contributed by atoms with Gasteiger partial charge in [-0.05, 0) is 44.9 Å². The minimum absolute atomic E-state index is 0.316. The number of hydrogen-bond acceptors (Lipinski definition) is 5. The lowest BCUT2D eigenvalue weighted by Crippen LogP contribution is -2.35. The van der Waals surface area contributed by atoms with E-state index in [4.69, 9.17) is 0 Å². The Labute approximate surface area is 132 Å². The van der Waals surface area contributed by atoms with Crippen molar-refractivity contribution in [2.24, 2.45) is 0 Å². The summed E-state index contributed by atoms with van der Waals surface area (Å²) in [5.74, 6) is 0. The van der Waals surface area contributed by atoms with Crippen molar-refractivity contribution < 1.29 is 8.42 Å². The number of likely N-dealkylation sites (N-methyl/N-ethyl adjacent to an activating group) is 1. The molecule has 0 aliphatic carbocycles. The van der Waals surface area contributed by atoms with Gasteiger partial charge in [0.15, 0.2) is 0 Å². The second-order valence-electron chi connectivity index (χ2n) is 5.72.